The number of ether oxygens (including phenoxy) is 2. The summed E-state index contributed by atoms with van der Waals surface area (Å²) in [5.74, 6) is -0.289. The van der Waals surface area contributed by atoms with Gasteiger partial charge >= 0.3 is 5.97 Å². The van der Waals surface area contributed by atoms with Crippen LogP contribution in [0.4, 0.5) is 5.69 Å². The topological polar surface area (TPSA) is 50.8 Å². The largest absolute Gasteiger partial charge is 0.467 e. The lowest BCUT2D eigenvalue weighted by Gasteiger charge is -2.35. The highest BCUT2D eigenvalue weighted by atomic mass is 35.5. The van der Waals surface area contributed by atoms with Gasteiger partial charge in [-0.1, -0.05) is 18.2 Å². The van der Waals surface area contributed by atoms with Gasteiger partial charge in [0.15, 0.2) is 6.10 Å². The summed E-state index contributed by atoms with van der Waals surface area (Å²) in [6, 6.07) is 6.45. The molecule has 1 aromatic rings. The Labute approximate surface area is 137 Å². The third-order valence-corrected chi connectivity index (χ3v) is 4.13. The van der Waals surface area contributed by atoms with E-state index in [2.05, 4.69) is 28.4 Å². The van der Waals surface area contributed by atoms with Crippen LogP contribution in [0.5, 0.6) is 0 Å². The summed E-state index contributed by atoms with van der Waals surface area (Å²) >= 11 is 0. The van der Waals surface area contributed by atoms with Gasteiger partial charge in [0.05, 0.1) is 13.2 Å². The maximum absolute atomic E-state index is 11.7. The van der Waals surface area contributed by atoms with E-state index in [-0.39, 0.29) is 24.5 Å². The molecule has 2 atom stereocenters. The molecule has 0 spiro atoms. The number of nitrogens with one attached hydrogen (secondary N) is 1. The Balaban J connectivity index is 0.00000176. The maximum atomic E-state index is 11.7. The Kier molecular flexibility index (Phi) is 5.67. The molecule has 0 radical (unpaired) electrons. The van der Waals surface area contributed by atoms with E-state index in [0.717, 1.165) is 26.1 Å². The number of halogens is 1. The van der Waals surface area contributed by atoms with E-state index >= 15 is 0 Å². The molecule has 0 amide bonds. The summed E-state index contributed by atoms with van der Waals surface area (Å²) in [5, 5.41) is 3.47. The third-order valence-electron chi connectivity index (χ3n) is 4.13. The number of methoxy groups -OCH3 is 1. The number of para-hydroxylation sites is 1. The monoisotopic (exact) mass is 326 g/mol. The van der Waals surface area contributed by atoms with E-state index in [1.165, 1.54) is 23.9 Å². The Morgan fingerprint density at radius 1 is 1.45 bits per heavy atom. The van der Waals surface area contributed by atoms with Crippen LogP contribution in [0.1, 0.15) is 18.1 Å². The van der Waals surface area contributed by atoms with E-state index in [1.54, 1.807) is 0 Å². The van der Waals surface area contributed by atoms with Crippen LogP contribution in [-0.4, -0.2) is 49.8 Å². The van der Waals surface area contributed by atoms with Gasteiger partial charge in [-0.15, -0.1) is 12.4 Å². The summed E-state index contributed by atoms with van der Waals surface area (Å²) in [4.78, 5) is 14.0. The zero-order chi connectivity index (χ0) is 14.8. The van der Waals surface area contributed by atoms with Crippen LogP contribution in [0.2, 0.25) is 0 Å². The standard InChI is InChI=1S/C16H22N2O3.ClH/c1-11-8-18(10-14(21-11)16(19)20-2)9-13-5-3-4-12-6-7-17-15(12)13;/h3-5,11,14,17H,6-10H2,1-2H3;1H/t11-,14-;/m1./s1. The van der Waals surface area contributed by atoms with Gasteiger partial charge < -0.3 is 14.8 Å². The molecule has 6 heteroatoms. The molecule has 3 rings (SSSR count). The first kappa shape index (κ1) is 17.1. The molecule has 2 heterocycles. The number of rotatable bonds is 3. The van der Waals surface area contributed by atoms with E-state index in [9.17, 15) is 4.79 Å². The summed E-state index contributed by atoms with van der Waals surface area (Å²) < 4.78 is 10.5. The van der Waals surface area contributed by atoms with Crippen LogP contribution in [0.3, 0.4) is 0 Å². The van der Waals surface area contributed by atoms with Crippen molar-refractivity contribution in [3.63, 3.8) is 0 Å². The first-order chi connectivity index (χ1) is 10.2. The minimum atomic E-state index is -0.483. The highest BCUT2D eigenvalue weighted by molar-refractivity contribution is 5.85. The molecule has 0 aliphatic carbocycles. The Morgan fingerprint density at radius 3 is 3.05 bits per heavy atom. The van der Waals surface area contributed by atoms with Crippen molar-refractivity contribution in [2.45, 2.75) is 32.1 Å². The average molecular weight is 327 g/mol. The molecule has 2 aliphatic rings. The number of carbonyl (C=O) groups is 1. The number of esters is 1. The molecule has 0 aromatic heterocycles. The fourth-order valence-electron chi connectivity index (χ4n) is 3.21. The van der Waals surface area contributed by atoms with Crippen molar-refractivity contribution in [3.8, 4) is 0 Å². The van der Waals surface area contributed by atoms with Crippen molar-refractivity contribution in [2.24, 2.45) is 0 Å². The molecule has 5 nitrogen and oxygen atoms in total. The lowest BCUT2D eigenvalue weighted by Crippen LogP contribution is -2.49. The quantitative estimate of drug-likeness (QED) is 0.859. The van der Waals surface area contributed by atoms with Gasteiger partial charge in [-0.2, -0.15) is 0 Å². The number of anilines is 1. The number of benzene rings is 1. The molecule has 122 valence electrons. The predicted octanol–water partition coefficient (Wildman–Crippen LogP) is 1.84. The molecular weight excluding hydrogens is 304 g/mol. The molecule has 1 aromatic carbocycles. The normalized spacial score (nSPS) is 24.1. The van der Waals surface area contributed by atoms with Crippen LogP contribution < -0.4 is 5.32 Å². The first-order valence-corrected chi connectivity index (χ1v) is 7.47. The van der Waals surface area contributed by atoms with E-state index in [1.807, 2.05) is 6.92 Å². The van der Waals surface area contributed by atoms with Gasteiger partial charge in [0.1, 0.15) is 0 Å². The van der Waals surface area contributed by atoms with Crippen molar-refractivity contribution >= 4 is 24.1 Å². The van der Waals surface area contributed by atoms with E-state index in [4.69, 9.17) is 9.47 Å². The van der Waals surface area contributed by atoms with Gasteiger partial charge in [0.2, 0.25) is 0 Å². The lowest BCUT2D eigenvalue weighted by atomic mass is 10.1. The Bertz CT molecular complexity index is 538. The van der Waals surface area contributed by atoms with E-state index in [0.29, 0.717) is 6.54 Å². The fraction of sp³-hybridized carbons (Fsp3) is 0.562. The molecule has 1 saturated heterocycles. The molecule has 2 aliphatic heterocycles. The molecule has 0 unspecified atom stereocenters. The minimum Gasteiger partial charge on any atom is -0.467 e. The van der Waals surface area contributed by atoms with Crippen LogP contribution in [0.15, 0.2) is 18.2 Å². The Hall–Kier alpha value is -1.30. The zero-order valence-electron chi connectivity index (χ0n) is 13.0. The number of hydrogen-bond donors (Lipinski definition) is 1. The SMILES string of the molecule is COC(=O)[C@H]1CN(Cc2cccc3c2NCC3)C[C@@H](C)O1.Cl. The molecular formula is C16H23ClN2O3. The predicted molar refractivity (Wildman–Crippen MR) is 87.5 cm³/mol. The van der Waals surface area contributed by atoms with Crippen molar-refractivity contribution in [2.75, 3.05) is 32.1 Å². The number of carbonyl (C=O) groups excluding carboxylic acids is 1. The second-order valence-corrected chi connectivity index (χ2v) is 5.78. The first-order valence-electron chi connectivity index (χ1n) is 7.47. The van der Waals surface area contributed by atoms with Crippen LogP contribution in [0.25, 0.3) is 0 Å². The average Bonchev–Trinajstić information content (AvgIpc) is 2.95. The number of morpholine rings is 1. The van der Waals surface area contributed by atoms with Crippen molar-refractivity contribution in [3.05, 3.63) is 29.3 Å². The fourth-order valence-corrected chi connectivity index (χ4v) is 3.21. The van der Waals surface area contributed by atoms with Gasteiger partial charge in [-0.3, -0.25) is 4.90 Å². The molecule has 1 fully saturated rings. The maximum Gasteiger partial charge on any atom is 0.336 e. The number of nitrogens with zero attached hydrogens (tertiary/aromatic N) is 1. The Morgan fingerprint density at radius 2 is 2.27 bits per heavy atom. The van der Waals surface area contributed by atoms with Crippen LogP contribution in [0, 0.1) is 0 Å². The smallest absolute Gasteiger partial charge is 0.336 e. The molecule has 0 bridgehead atoms. The summed E-state index contributed by atoms with van der Waals surface area (Å²) in [6.07, 6.45) is 0.643. The summed E-state index contributed by atoms with van der Waals surface area (Å²) in [5.41, 5.74) is 3.95. The number of hydrogen-bond acceptors (Lipinski definition) is 5. The highest BCUT2D eigenvalue weighted by Crippen LogP contribution is 2.28. The van der Waals surface area contributed by atoms with Crippen LogP contribution >= 0.6 is 12.4 Å². The molecule has 22 heavy (non-hydrogen) atoms. The van der Waals surface area contributed by atoms with E-state index < -0.39 is 6.10 Å². The zero-order valence-corrected chi connectivity index (χ0v) is 13.8. The second-order valence-electron chi connectivity index (χ2n) is 5.78. The summed E-state index contributed by atoms with van der Waals surface area (Å²) in [7, 11) is 1.41. The van der Waals surface area contributed by atoms with Crippen molar-refractivity contribution < 1.29 is 14.3 Å². The van der Waals surface area contributed by atoms with Crippen LogP contribution in [-0.2, 0) is 27.2 Å². The molecule has 1 N–H and O–H groups in total. The number of fused-ring (bicyclic) bond motifs is 1. The second kappa shape index (κ2) is 7.31. The highest BCUT2D eigenvalue weighted by Gasteiger charge is 2.31. The molecule has 0 saturated carbocycles. The minimum absolute atomic E-state index is 0. The summed E-state index contributed by atoms with van der Waals surface area (Å²) in [6.45, 7) is 5.25. The van der Waals surface area contributed by atoms with Gasteiger partial charge in [0.25, 0.3) is 0 Å². The van der Waals surface area contributed by atoms with Crippen molar-refractivity contribution in [1.82, 2.24) is 4.90 Å². The van der Waals surface area contributed by atoms with Gasteiger partial charge in [0, 0.05) is 31.9 Å². The van der Waals surface area contributed by atoms with Gasteiger partial charge in [-0.25, -0.2) is 4.79 Å². The lowest BCUT2D eigenvalue weighted by molar-refractivity contribution is -0.166. The van der Waals surface area contributed by atoms with Gasteiger partial charge in [-0.05, 0) is 24.5 Å². The van der Waals surface area contributed by atoms with Crippen molar-refractivity contribution in [1.29, 1.82) is 0 Å². The third kappa shape index (κ3) is 3.54.